The van der Waals surface area contributed by atoms with E-state index in [2.05, 4.69) is 10.2 Å². The Balaban J connectivity index is 0.912. The molecule has 7 nitrogen and oxygen atoms in total. The number of aromatic nitrogens is 2. The number of fused-ring (bicyclic) bond motifs is 3. The molecule has 1 N–H and O–H groups in total. The molecule has 0 aromatic carbocycles. The van der Waals surface area contributed by atoms with Crippen LogP contribution in [0.5, 0.6) is 0 Å². The van der Waals surface area contributed by atoms with Crippen molar-refractivity contribution < 1.29 is 9.59 Å². The molecular formula is C30H39N5O2. The van der Waals surface area contributed by atoms with Gasteiger partial charge in [0.15, 0.2) is 0 Å². The molecule has 2 amide bonds. The van der Waals surface area contributed by atoms with E-state index in [-0.39, 0.29) is 11.8 Å². The average molecular weight is 502 g/mol. The Bertz CT molecular complexity index is 1240. The van der Waals surface area contributed by atoms with E-state index in [1.54, 1.807) is 0 Å². The van der Waals surface area contributed by atoms with Crippen molar-refractivity contribution in [2.75, 3.05) is 32.7 Å². The number of carbonyl (C=O) groups excluding carboxylic acids is 2. The number of carbonyl (C=O) groups is 2. The molecule has 5 aliphatic carbocycles. The predicted molar refractivity (Wildman–Crippen MR) is 140 cm³/mol. The van der Waals surface area contributed by atoms with Gasteiger partial charge in [-0.25, -0.2) is 4.98 Å². The predicted octanol–water partition coefficient (Wildman–Crippen LogP) is 3.38. The smallest absolute Gasteiger partial charge is 0.268 e. The van der Waals surface area contributed by atoms with E-state index in [0.29, 0.717) is 18.0 Å². The lowest BCUT2D eigenvalue weighted by Crippen LogP contribution is -2.53. The third kappa shape index (κ3) is 3.75. The van der Waals surface area contributed by atoms with Gasteiger partial charge in [-0.1, -0.05) is 12.5 Å². The summed E-state index contributed by atoms with van der Waals surface area (Å²) >= 11 is 0. The molecular weight excluding hydrogens is 462 g/mol. The molecule has 37 heavy (non-hydrogen) atoms. The molecule has 6 unspecified atom stereocenters. The third-order valence-electron chi connectivity index (χ3n) is 11.3. The number of pyridine rings is 1. The summed E-state index contributed by atoms with van der Waals surface area (Å²) in [6.45, 7) is 4.37. The number of amides is 2. The van der Waals surface area contributed by atoms with Crippen molar-refractivity contribution in [3.8, 4) is 0 Å². The Kier molecular flexibility index (Phi) is 5.06. The first-order valence-electron chi connectivity index (χ1n) is 14.8. The maximum absolute atomic E-state index is 13.3. The van der Waals surface area contributed by atoms with Crippen LogP contribution in [-0.2, 0) is 11.2 Å². The van der Waals surface area contributed by atoms with Gasteiger partial charge in [-0.3, -0.25) is 18.9 Å². The number of hydrogen-bond donors (Lipinski definition) is 1. The van der Waals surface area contributed by atoms with E-state index in [1.165, 1.54) is 51.4 Å². The number of hydrogen-bond acceptors (Lipinski definition) is 4. The molecule has 1 aliphatic heterocycles. The Morgan fingerprint density at radius 3 is 2.70 bits per heavy atom. The van der Waals surface area contributed by atoms with Crippen LogP contribution in [0.25, 0.3) is 5.65 Å². The Labute approximate surface area is 219 Å². The monoisotopic (exact) mass is 501 g/mol. The highest BCUT2D eigenvalue weighted by molar-refractivity contribution is 5.93. The Morgan fingerprint density at radius 2 is 1.89 bits per heavy atom. The van der Waals surface area contributed by atoms with Gasteiger partial charge < -0.3 is 10.2 Å². The van der Waals surface area contributed by atoms with Gasteiger partial charge in [-0.05, 0) is 92.1 Å². The SMILES string of the molecule is O=C(NCC1CC2CC2C23CC1CC2C3)c1cccc2nc(CC(=O)N3CCN(C4CCC4)CC3)cn12. The van der Waals surface area contributed by atoms with Gasteiger partial charge in [0, 0.05) is 45.0 Å². The molecule has 0 radical (unpaired) electrons. The maximum atomic E-state index is 13.3. The first-order chi connectivity index (χ1) is 18.1. The number of nitrogens with zero attached hydrogens (tertiary/aromatic N) is 4. The van der Waals surface area contributed by atoms with Crippen molar-refractivity contribution in [2.24, 2.45) is 35.0 Å². The third-order valence-corrected chi connectivity index (χ3v) is 11.3. The van der Waals surface area contributed by atoms with Gasteiger partial charge >= 0.3 is 0 Å². The van der Waals surface area contributed by atoms with E-state index in [0.717, 1.165) is 79.2 Å². The molecule has 5 saturated carbocycles. The lowest BCUT2D eigenvalue weighted by molar-refractivity contribution is -0.132. The minimum atomic E-state index is -0.0255. The summed E-state index contributed by atoms with van der Waals surface area (Å²) in [5.41, 5.74) is 2.82. The molecule has 196 valence electrons. The van der Waals surface area contributed by atoms with Crippen molar-refractivity contribution >= 4 is 17.5 Å². The highest BCUT2D eigenvalue weighted by Crippen LogP contribution is 2.79. The molecule has 2 bridgehead atoms. The summed E-state index contributed by atoms with van der Waals surface area (Å²) in [6, 6.07) is 6.44. The van der Waals surface area contributed by atoms with Crippen molar-refractivity contribution in [3.05, 3.63) is 35.8 Å². The quantitative estimate of drug-likeness (QED) is 0.659. The normalized spacial score (nSPS) is 36.4. The Morgan fingerprint density at radius 1 is 1.03 bits per heavy atom. The van der Waals surface area contributed by atoms with Gasteiger partial charge in [0.05, 0.1) is 12.1 Å². The zero-order valence-corrected chi connectivity index (χ0v) is 21.8. The van der Waals surface area contributed by atoms with Crippen LogP contribution in [-0.4, -0.2) is 69.8 Å². The number of rotatable bonds is 6. The molecule has 7 heteroatoms. The minimum Gasteiger partial charge on any atom is -0.350 e. The molecule has 6 atom stereocenters. The van der Waals surface area contributed by atoms with Crippen LogP contribution in [0.3, 0.4) is 0 Å². The summed E-state index contributed by atoms with van der Waals surface area (Å²) in [5, 5.41) is 3.29. The molecule has 6 aliphatic rings. The fourth-order valence-electron chi connectivity index (χ4n) is 8.91. The maximum Gasteiger partial charge on any atom is 0.268 e. The van der Waals surface area contributed by atoms with E-state index in [4.69, 9.17) is 4.98 Å². The topological polar surface area (TPSA) is 70.0 Å². The second-order valence-corrected chi connectivity index (χ2v) is 13.2. The summed E-state index contributed by atoms with van der Waals surface area (Å²) < 4.78 is 1.87. The van der Waals surface area contributed by atoms with Crippen LogP contribution in [0.2, 0.25) is 0 Å². The van der Waals surface area contributed by atoms with E-state index < -0.39 is 0 Å². The molecule has 2 aromatic rings. The summed E-state index contributed by atoms with van der Waals surface area (Å²) in [4.78, 5) is 35.6. The van der Waals surface area contributed by atoms with Crippen LogP contribution >= 0.6 is 0 Å². The molecule has 6 fully saturated rings. The van der Waals surface area contributed by atoms with Crippen molar-refractivity contribution in [3.63, 3.8) is 0 Å². The molecule has 1 saturated heterocycles. The number of imidazole rings is 1. The Hall–Kier alpha value is -2.41. The average Bonchev–Trinajstić information content (AvgIpc) is 3.71. The lowest BCUT2D eigenvalue weighted by Gasteiger charge is -2.42. The first-order valence-corrected chi connectivity index (χ1v) is 14.8. The lowest BCUT2D eigenvalue weighted by atomic mass is 9.85. The molecule has 3 heterocycles. The van der Waals surface area contributed by atoms with Crippen LogP contribution in [0.15, 0.2) is 24.4 Å². The molecule has 8 rings (SSSR count). The van der Waals surface area contributed by atoms with Crippen molar-refractivity contribution in [2.45, 2.75) is 63.8 Å². The summed E-state index contributed by atoms with van der Waals surface area (Å²) in [7, 11) is 0. The van der Waals surface area contributed by atoms with E-state index >= 15 is 0 Å². The van der Waals surface area contributed by atoms with Crippen molar-refractivity contribution in [1.29, 1.82) is 0 Å². The van der Waals surface area contributed by atoms with Gasteiger partial charge in [0.1, 0.15) is 11.3 Å². The van der Waals surface area contributed by atoms with Gasteiger partial charge in [0.2, 0.25) is 5.91 Å². The van der Waals surface area contributed by atoms with Gasteiger partial charge in [-0.2, -0.15) is 0 Å². The van der Waals surface area contributed by atoms with Gasteiger partial charge in [-0.15, -0.1) is 0 Å². The largest absolute Gasteiger partial charge is 0.350 e. The van der Waals surface area contributed by atoms with Crippen LogP contribution in [0.1, 0.15) is 67.5 Å². The van der Waals surface area contributed by atoms with E-state index in [1.807, 2.05) is 33.7 Å². The first kappa shape index (κ1) is 22.6. The fraction of sp³-hybridized carbons (Fsp3) is 0.700. The highest BCUT2D eigenvalue weighted by atomic mass is 16.2. The van der Waals surface area contributed by atoms with Crippen molar-refractivity contribution in [1.82, 2.24) is 24.5 Å². The minimum absolute atomic E-state index is 0.0255. The second-order valence-electron chi connectivity index (χ2n) is 13.2. The van der Waals surface area contributed by atoms with Crippen LogP contribution in [0.4, 0.5) is 0 Å². The summed E-state index contributed by atoms with van der Waals surface area (Å²) in [5.74, 6) is 4.49. The molecule has 2 aromatic heterocycles. The van der Waals surface area contributed by atoms with Crippen LogP contribution in [0, 0.1) is 35.0 Å². The van der Waals surface area contributed by atoms with E-state index in [9.17, 15) is 9.59 Å². The zero-order valence-electron chi connectivity index (χ0n) is 21.8. The highest BCUT2D eigenvalue weighted by Gasteiger charge is 2.71. The van der Waals surface area contributed by atoms with Crippen LogP contribution < -0.4 is 5.32 Å². The van der Waals surface area contributed by atoms with Gasteiger partial charge in [0.25, 0.3) is 5.91 Å². The summed E-state index contributed by atoms with van der Waals surface area (Å²) in [6.07, 6.45) is 13.2. The standard InChI is InChI=1S/C30H39N5O2/c36-28(34-9-7-33(8-10-34)24-3-1-4-24)14-23-18-35-26(5-2-6-27(35)32-23)29(37)31-17-21-11-19-13-25(19)30-15-20(21)12-22(30)16-30/h2,5-6,18-22,24-25H,1,3-4,7-17H2,(H,31,37). The number of nitrogens with one attached hydrogen (secondary N) is 1. The number of piperazine rings is 1. The second kappa shape index (κ2) is 8.29. The zero-order chi connectivity index (χ0) is 24.7. The fourth-order valence-corrected chi connectivity index (χ4v) is 8.91. The molecule has 1 spiro atoms.